The molecule has 4 heteroatoms. The van der Waals surface area contributed by atoms with Crippen LogP contribution in [0, 0.1) is 0 Å². The Kier molecular flexibility index (Phi) is 4.13. The van der Waals surface area contributed by atoms with E-state index in [4.69, 9.17) is 9.47 Å². The summed E-state index contributed by atoms with van der Waals surface area (Å²) in [5.41, 5.74) is 1.10. The maximum atomic E-state index is 12.3. The summed E-state index contributed by atoms with van der Waals surface area (Å²) >= 11 is 0. The second-order valence-corrected chi connectivity index (χ2v) is 6.91. The summed E-state index contributed by atoms with van der Waals surface area (Å²) in [5.74, 6) is 1.10. The van der Waals surface area contributed by atoms with Gasteiger partial charge >= 0.3 is 0 Å². The molecule has 0 N–H and O–H groups in total. The highest BCUT2D eigenvalue weighted by molar-refractivity contribution is 5.78. The molecule has 2 aliphatic rings. The number of carbonyl (C=O) groups excluding carboxylic acids is 1. The van der Waals surface area contributed by atoms with E-state index in [2.05, 4.69) is 26.8 Å². The topological polar surface area (TPSA) is 38.8 Å². The minimum absolute atomic E-state index is 0.0167. The lowest BCUT2D eigenvalue weighted by Gasteiger charge is -2.43. The summed E-state index contributed by atoms with van der Waals surface area (Å²) < 4.78 is 11.8. The van der Waals surface area contributed by atoms with Gasteiger partial charge in [0.1, 0.15) is 11.9 Å². The number of benzene rings is 1. The largest absolute Gasteiger partial charge is 0.489 e. The van der Waals surface area contributed by atoms with Gasteiger partial charge in [-0.2, -0.15) is 0 Å². The SMILES string of the molecule is CCC(C)(C)OC1CN(C(=O)CC2Cc3ccccc3O2)C1. The molecule has 0 saturated carbocycles. The molecule has 1 aromatic rings. The first-order chi connectivity index (χ1) is 10.5. The molecule has 0 aliphatic carbocycles. The van der Waals surface area contributed by atoms with Gasteiger partial charge < -0.3 is 14.4 Å². The zero-order chi connectivity index (χ0) is 15.7. The van der Waals surface area contributed by atoms with Gasteiger partial charge in [-0.05, 0) is 31.9 Å². The predicted octanol–water partition coefficient (Wildman–Crippen LogP) is 2.80. The lowest BCUT2D eigenvalue weighted by Crippen LogP contribution is -2.57. The van der Waals surface area contributed by atoms with Gasteiger partial charge in [0.2, 0.25) is 5.91 Å². The van der Waals surface area contributed by atoms with Crippen LogP contribution in [0.1, 0.15) is 39.2 Å². The monoisotopic (exact) mass is 303 g/mol. The Morgan fingerprint density at radius 1 is 1.36 bits per heavy atom. The van der Waals surface area contributed by atoms with Gasteiger partial charge in [0.05, 0.1) is 18.1 Å². The second kappa shape index (κ2) is 5.92. The van der Waals surface area contributed by atoms with Crippen molar-refractivity contribution < 1.29 is 14.3 Å². The Labute approximate surface area is 132 Å². The van der Waals surface area contributed by atoms with Crippen molar-refractivity contribution in [1.82, 2.24) is 4.90 Å². The number of fused-ring (bicyclic) bond motifs is 1. The van der Waals surface area contributed by atoms with Crippen LogP contribution in [-0.2, 0) is 16.0 Å². The third-order valence-corrected chi connectivity index (χ3v) is 4.65. The van der Waals surface area contributed by atoms with Crippen LogP contribution in [0.3, 0.4) is 0 Å². The van der Waals surface area contributed by atoms with Crippen molar-refractivity contribution in [3.63, 3.8) is 0 Å². The van der Waals surface area contributed by atoms with E-state index in [1.807, 2.05) is 23.1 Å². The molecule has 0 bridgehead atoms. The molecule has 2 heterocycles. The highest BCUT2D eigenvalue weighted by Crippen LogP contribution is 2.30. The normalized spacial score (nSPS) is 21.2. The molecular formula is C18H25NO3. The van der Waals surface area contributed by atoms with Crippen molar-refractivity contribution in [3.05, 3.63) is 29.8 Å². The van der Waals surface area contributed by atoms with Gasteiger partial charge in [-0.3, -0.25) is 4.79 Å². The second-order valence-electron chi connectivity index (χ2n) is 6.91. The number of nitrogens with zero attached hydrogens (tertiary/aromatic N) is 1. The van der Waals surface area contributed by atoms with Crippen LogP contribution in [-0.4, -0.2) is 41.7 Å². The molecule has 1 saturated heterocycles. The molecule has 0 aromatic heterocycles. The van der Waals surface area contributed by atoms with Gasteiger partial charge in [-0.1, -0.05) is 25.1 Å². The molecule has 1 fully saturated rings. The van der Waals surface area contributed by atoms with Crippen molar-refractivity contribution in [2.75, 3.05) is 13.1 Å². The molecule has 0 radical (unpaired) electrons. The van der Waals surface area contributed by atoms with Gasteiger partial charge in [0.15, 0.2) is 0 Å². The van der Waals surface area contributed by atoms with E-state index in [0.29, 0.717) is 19.5 Å². The van der Waals surface area contributed by atoms with Crippen LogP contribution >= 0.6 is 0 Å². The zero-order valence-corrected chi connectivity index (χ0v) is 13.7. The quantitative estimate of drug-likeness (QED) is 0.839. The standard InChI is InChI=1S/C18H25NO3/c1-4-18(2,3)22-15-11-19(12-15)17(20)10-14-9-13-7-5-6-8-16(13)21-14/h5-8,14-15H,4,9-12H2,1-3H3. The fourth-order valence-corrected chi connectivity index (χ4v) is 2.94. The molecule has 1 atom stereocenters. The maximum absolute atomic E-state index is 12.3. The summed E-state index contributed by atoms with van der Waals surface area (Å²) in [6, 6.07) is 8.02. The molecule has 1 aromatic carbocycles. The fraction of sp³-hybridized carbons (Fsp3) is 0.611. The zero-order valence-electron chi connectivity index (χ0n) is 13.7. The van der Waals surface area contributed by atoms with Gasteiger partial charge in [-0.15, -0.1) is 0 Å². The lowest BCUT2D eigenvalue weighted by atomic mass is 10.0. The van der Waals surface area contributed by atoms with Crippen LogP contribution in [0.5, 0.6) is 5.75 Å². The first kappa shape index (κ1) is 15.3. The summed E-state index contributed by atoms with van der Waals surface area (Å²) in [6.45, 7) is 7.74. The molecule has 1 unspecified atom stereocenters. The summed E-state index contributed by atoms with van der Waals surface area (Å²) in [7, 11) is 0. The third kappa shape index (κ3) is 3.27. The highest BCUT2D eigenvalue weighted by Gasteiger charge is 2.36. The Hall–Kier alpha value is -1.55. The molecule has 120 valence electrons. The number of hydrogen-bond acceptors (Lipinski definition) is 3. The molecule has 3 rings (SSSR count). The Bertz CT molecular complexity index is 524. The van der Waals surface area contributed by atoms with Crippen molar-refractivity contribution in [2.24, 2.45) is 0 Å². The highest BCUT2D eigenvalue weighted by atomic mass is 16.5. The van der Waals surface area contributed by atoms with Crippen LogP contribution in [0.25, 0.3) is 0 Å². The van der Waals surface area contributed by atoms with Crippen LogP contribution in [0.15, 0.2) is 24.3 Å². The predicted molar refractivity (Wildman–Crippen MR) is 85.0 cm³/mol. The molecule has 22 heavy (non-hydrogen) atoms. The molecule has 0 spiro atoms. The third-order valence-electron chi connectivity index (χ3n) is 4.65. The van der Waals surface area contributed by atoms with E-state index in [1.54, 1.807) is 0 Å². The number of ether oxygens (including phenoxy) is 2. The van der Waals surface area contributed by atoms with E-state index in [0.717, 1.165) is 18.6 Å². The van der Waals surface area contributed by atoms with Crippen molar-refractivity contribution in [1.29, 1.82) is 0 Å². The number of amides is 1. The first-order valence-electron chi connectivity index (χ1n) is 8.17. The lowest BCUT2D eigenvalue weighted by molar-refractivity contribution is -0.161. The summed E-state index contributed by atoms with van der Waals surface area (Å²) in [6.07, 6.45) is 2.43. The van der Waals surface area contributed by atoms with E-state index in [-0.39, 0.29) is 23.7 Å². The summed E-state index contributed by atoms with van der Waals surface area (Å²) in [4.78, 5) is 14.2. The Balaban J connectivity index is 1.44. The Morgan fingerprint density at radius 2 is 2.09 bits per heavy atom. The molecule has 2 aliphatic heterocycles. The van der Waals surface area contributed by atoms with Gasteiger partial charge in [0, 0.05) is 19.5 Å². The molecule has 4 nitrogen and oxygen atoms in total. The number of likely N-dealkylation sites (tertiary alicyclic amines) is 1. The van der Waals surface area contributed by atoms with Crippen molar-refractivity contribution >= 4 is 5.91 Å². The van der Waals surface area contributed by atoms with E-state index in [9.17, 15) is 4.79 Å². The van der Waals surface area contributed by atoms with Crippen molar-refractivity contribution in [3.8, 4) is 5.75 Å². The maximum Gasteiger partial charge on any atom is 0.226 e. The van der Waals surface area contributed by atoms with Crippen LogP contribution in [0.2, 0.25) is 0 Å². The first-order valence-corrected chi connectivity index (χ1v) is 8.17. The van der Waals surface area contributed by atoms with Gasteiger partial charge in [-0.25, -0.2) is 0 Å². The van der Waals surface area contributed by atoms with Crippen molar-refractivity contribution in [2.45, 2.75) is 57.8 Å². The number of rotatable bonds is 5. The summed E-state index contributed by atoms with van der Waals surface area (Å²) in [5, 5.41) is 0. The number of hydrogen-bond donors (Lipinski definition) is 0. The average Bonchev–Trinajstić information content (AvgIpc) is 2.84. The fourth-order valence-electron chi connectivity index (χ4n) is 2.94. The van der Waals surface area contributed by atoms with E-state index in [1.165, 1.54) is 5.56 Å². The minimum atomic E-state index is -0.101. The van der Waals surface area contributed by atoms with Gasteiger partial charge in [0.25, 0.3) is 0 Å². The molecule has 1 amide bonds. The Morgan fingerprint density at radius 3 is 2.77 bits per heavy atom. The average molecular weight is 303 g/mol. The van der Waals surface area contributed by atoms with E-state index >= 15 is 0 Å². The number of para-hydroxylation sites is 1. The van der Waals surface area contributed by atoms with Crippen LogP contribution < -0.4 is 4.74 Å². The van der Waals surface area contributed by atoms with E-state index < -0.39 is 0 Å². The smallest absolute Gasteiger partial charge is 0.226 e. The minimum Gasteiger partial charge on any atom is -0.489 e. The van der Waals surface area contributed by atoms with Crippen LogP contribution in [0.4, 0.5) is 0 Å². The molecular weight excluding hydrogens is 278 g/mol. The number of carbonyl (C=O) groups is 1.